The fraction of sp³-hybridized carbons (Fsp3) is 0.571. The lowest BCUT2D eigenvalue weighted by Gasteiger charge is -2.39. The average molecular weight is 238 g/mol. The molecule has 0 aliphatic heterocycles. The molecule has 0 aliphatic carbocycles. The molecule has 2 nitrogen and oxygen atoms in total. The highest BCUT2D eigenvalue weighted by Gasteiger charge is 2.32. The van der Waals surface area contributed by atoms with Crippen molar-refractivity contribution in [1.82, 2.24) is 4.90 Å². The summed E-state index contributed by atoms with van der Waals surface area (Å²) in [7, 11) is 4.07. The maximum Gasteiger partial charge on any atom is 0.123 e. The number of nitrogens with zero attached hydrogens (tertiary/aromatic N) is 1. The van der Waals surface area contributed by atoms with Gasteiger partial charge in [0.25, 0.3) is 0 Å². The molecule has 2 atom stereocenters. The molecule has 1 rings (SSSR count). The van der Waals surface area contributed by atoms with E-state index >= 15 is 0 Å². The molecule has 3 heteroatoms. The number of benzene rings is 1. The van der Waals surface area contributed by atoms with Gasteiger partial charge >= 0.3 is 0 Å². The van der Waals surface area contributed by atoms with Gasteiger partial charge in [-0.15, -0.1) is 0 Å². The molecule has 0 spiro atoms. The quantitative estimate of drug-likeness (QED) is 0.854. The van der Waals surface area contributed by atoms with Gasteiger partial charge in [-0.1, -0.05) is 25.5 Å². The van der Waals surface area contributed by atoms with Gasteiger partial charge in [0.1, 0.15) is 5.82 Å². The normalized spacial score (nSPS) is 16.9. The van der Waals surface area contributed by atoms with Crippen LogP contribution in [0.15, 0.2) is 24.3 Å². The first kappa shape index (κ1) is 14.1. The van der Waals surface area contributed by atoms with Crippen molar-refractivity contribution in [3.05, 3.63) is 35.6 Å². The van der Waals surface area contributed by atoms with Crippen molar-refractivity contribution in [2.45, 2.75) is 38.3 Å². The van der Waals surface area contributed by atoms with Gasteiger partial charge in [0.2, 0.25) is 0 Å². The van der Waals surface area contributed by atoms with Gasteiger partial charge in [0, 0.05) is 6.04 Å². The van der Waals surface area contributed by atoms with Gasteiger partial charge in [0.05, 0.1) is 5.54 Å². The zero-order valence-electron chi connectivity index (χ0n) is 11.2. The van der Waals surface area contributed by atoms with Gasteiger partial charge in [-0.25, -0.2) is 4.39 Å². The molecule has 1 aromatic rings. The Kier molecular flexibility index (Phi) is 4.66. The SMILES string of the molecule is CCCC(N(C)C)C(C)(N)c1ccc(F)cc1. The maximum atomic E-state index is 12.9. The molecule has 17 heavy (non-hydrogen) atoms. The molecule has 96 valence electrons. The Morgan fingerprint density at radius 3 is 2.24 bits per heavy atom. The fourth-order valence-corrected chi connectivity index (χ4v) is 2.37. The Balaban J connectivity index is 3.01. The molecule has 0 fully saturated rings. The van der Waals surface area contributed by atoms with E-state index in [0.29, 0.717) is 0 Å². The molecular formula is C14H23FN2. The summed E-state index contributed by atoms with van der Waals surface area (Å²) in [6.45, 7) is 4.16. The first-order chi connectivity index (χ1) is 7.89. The van der Waals surface area contributed by atoms with E-state index in [0.717, 1.165) is 18.4 Å². The van der Waals surface area contributed by atoms with E-state index < -0.39 is 5.54 Å². The van der Waals surface area contributed by atoms with Gasteiger partial charge < -0.3 is 10.6 Å². The third-order valence-electron chi connectivity index (χ3n) is 3.34. The standard InChI is InChI=1S/C14H23FN2/c1-5-6-13(17(3)4)14(2,16)11-7-9-12(15)10-8-11/h7-10,13H,5-6,16H2,1-4H3. The number of likely N-dealkylation sites (N-methyl/N-ethyl adjacent to an activating group) is 1. The van der Waals surface area contributed by atoms with Crippen molar-refractivity contribution in [2.24, 2.45) is 5.73 Å². The van der Waals surface area contributed by atoms with Crippen molar-refractivity contribution in [1.29, 1.82) is 0 Å². The Labute approximate surface area is 104 Å². The minimum absolute atomic E-state index is 0.221. The summed E-state index contributed by atoms with van der Waals surface area (Å²) in [4.78, 5) is 2.15. The topological polar surface area (TPSA) is 29.3 Å². The lowest BCUT2D eigenvalue weighted by atomic mass is 9.82. The second kappa shape index (κ2) is 5.61. The summed E-state index contributed by atoms with van der Waals surface area (Å²) in [5.41, 5.74) is 6.97. The van der Waals surface area contributed by atoms with Crippen LogP contribution in [-0.2, 0) is 5.54 Å². The molecule has 2 unspecified atom stereocenters. The Bertz CT molecular complexity index is 344. The number of hydrogen-bond donors (Lipinski definition) is 1. The van der Waals surface area contributed by atoms with Gasteiger partial charge in [-0.3, -0.25) is 0 Å². The van der Waals surface area contributed by atoms with Crippen LogP contribution in [0.1, 0.15) is 32.3 Å². The summed E-state index contributed by atoms with van der Waals surface area (Å²) in [6.07, 6.45) is 2.11. The van der Waals surface area contributed by atoms with E-state index in [1.165, 1.54) is 12.1 Å². The van der Waals surface area contributed by atoms with E-state index in [9.17, 15) is 4.39 Å². The zero-order valence-corrected chi connectivity index (χ0v) is 11.2. The smallest absolute Gasteiger partial charge is 0.123 e. The van der Waals surface area contributed by atoms with E-state index in [-0.39, 0.29) is 11.9 Å². The summed E-state index contributed by atoms with van der Waals surface area (Å²) in [5, 5.41) is 0. The second-order valence-corrected chi connectivity index (χ2v) is 5.06. The van der Waals surface area contributed by atoms with E-state index in [2.05, 4.69) is 11.8 Å². The predicted molar refractivity (Wildman–Crippen MR) is 70.3 cm³/mol. The lowest BCUT2D eigenvalue weighted by Crippen LogP contribution is -2.52. The predicted octanol–water partition coefficient (Wildman–Crippen LogP) is 2.73. The Morgan fingerprint density at radius 1 is 1.29 bits per heavy atom. The van der Waals surface area contributed by atoms with Gasteiger partial charge in [-0.05, 0) is 45.1 Å². The number of hydrogen-bond acceptors (Lipinski definition) is 2. The van der Waals surface area contributed by atoms with Crippen LogP contribution in [-0.4, -0.2) is 25.0 Å². The van der Waals surface area contributed by atoms with Crippen LogP contribution in [0.3, 0.4) is 0 Å². The van der Waals surface area contributed by atoms with Crippen LogP contribution in [0.2, 0.25) is 0 Å². The molecule has 0 saturated heterocycles. The highest BCUT2D eigenvalue weighted by Crippen LogP contribution is 2.27. The molecule has 0 aliphatic rings. The number of halogens is 1. The van der Waals surface area contributed by atoms with Crippen LogP contribution in [0.25, 0.3) is 0 Å². The van der Waals surface area contributed by atoms with Crippen LogP contribution < -0.4 is 5.73 Å². The molecule has 0 bridgehead atoms. The molecule has 0 radical (unpaired) electrons. The molecule has 0 aromatic heterocycles. The van der Waals surface area contributed by atoms with Crippen molar-refractivity contribution >= 4 is 0 Å². The summed E-state index contributed by atoms with van der Waals surface area (Å²) in [5.74, 6) is -0.221. The molecule has 0 amide bonds. The van der Waals surface area contributed by atoms with E-state index in [4.69, 9.17) is 5.73 Å². The molecule has 2 N–H and O–H groups in total. The Hall–Kier alpha value is -0.930. The summed E-state index contributed by atoms with van der Waals surface area (Å²) < 4.78 is 12.9. The van der Waals surface area contributed by atoms with Crippen molar-refractivity contribution in [3.63, 3.8) is 0 Å². The third kappa shape index (κ3) is 3.27. The summed E-state index contributed by atoms with van der Waals surface area (Å²) >= 11 is 0. The first-order valence-electron chi connectivity index (χ1n) is 6.11. The third-order valence-corrected chi connectivity index (χ3v) is 3.34. The average Bonchev–Trinajstić information content (AvgIpc) is 2.25. The second-order valence-electron chi connectivity index (χ2n) is 5.06. The first-order valence-corrected chi connectivity index (χ1v) is 6.11. The van der Waals surface area contributed by atoms with Crippen molar-refractivity contribution in [3.8, 4) is 0 Å². The zero-order chi connectivity index (χ0) is 13.1. The van der Waals surface area contributed by atoms with Crippen LogP contribution in [0.4, 0.5) is 4.39 Å². The highest BCUT2D eigenvalue weighted by atomic mass is 19.1. The van der Waals surface area contributed by atoms with Gasteiger partial charge in [-0.2, -0.15) is 0 Å². The van der Waals surface area contributed by atoms with Crippen LogP contribution in [0, 0.1) is 5.82 Å². The molecular weight excluding hydrogens is 215 g/mol. The highest BCUT2D eigenvalue weighted by molar-refractivity contribution is 5.26. The van der Waals surface area contributed by atoms with Crippen LogP contribution in [0.5, 0.6) is 0 Å². The van der Waals surface area contributed by atoms with E-state index in [1.807, 2.05) is 21.0 Å². The summed E-state index contributed by atoms with van der Waals surface area (Å²) in [6, 6.07) is 6.75. The van der Waals surface area contributed by atoms with E-state index in [1.54, 1.807) is 12.1 Å². The lowest BCUT2D eigenvalue weighted by molar-refractivity contribution is 0.177. The Morgan fingerprint density at radius 2 is 1.82 bits per heavy atom. The van der Waals surface area contributed by atoms with Crippen molar-refractivity contribution < 1.29 is 4.39 Å². The largest absolute Gasteiger partial charge is 0.320 e. The molecule has 1 aromatic carbocycles. The maximum absolute atomic E-state index is 12.9. The minimum Gasteiger partial charge on any atom is -0.320 e. The molecule has 0 heterocycles. The number of rotatable bonds is 5. The van der Waals surface area contributed by atoms with Gasteiger partial charge in [0.15, 0.2) is 0 Å². The number of nitrogens with two attached hydrogens (primary N) is 1. The molecule has 0 saturated carbocycles. The minimum atomic E-state index is -0.465. The van der Waals surface area contributed by atoms with Crippen molar-refractivity contribution in [2.75, 3.05) is 14.1 Å². The monoisotopic (exact) mass is 238 g/mol. The fourth-order valence-electron chi connectivity index (χ4n) is 2.37. The van der Waals surface area contributed by atoms with Crippen LogP contribution >= 0.6 is 0 Å².